The molecule has 0 radical (unpaired) electrons. The molecule has 5 heteroatoms. The first kappa shape index (κ1) is 19.1. The SMILES string of the molecule is Cl.Clc1ccc(OCCc2ccc(CN3CCNCC3)cc2)cc1. The van der Waals surface area contributed by atoms with E-state index in [1.165, 1.54) is 11.1 Å². The molecule has 0 atom stereocenters. The molecule has 24 heavy (non-hydrogen) atoms. The van der Waals surface area contributed by atoms with Gasteiger partial charge in [0.15, 0.2) is 0 Å². The standard InChI is InChI=1S/C19H23ClN2O.ClH/c20-18-5-7-19(8-6-18)23-14-9-16-1-3-17(4-2-16)15-22-12-10-21-11-13-22;/h1-8,21H,9-15H2;1H. The molecule has 2 aromatic carbocycles. The minimum atomic E-state index is 0. The smallest absolute Gasteiger partial charge is 0.119 e. The molecule has 130 valence electrons. The van der Waals surface area contributed by atoms with Gasteiger partial charge in [-0.15, -0.1) is 12.4 Å². The fourth-order valence-corrected chi connectivity index (χ4v) is 2.88. The Balaban J connectivity index is 0.00000208. The van der Waals surface area contributed by atoms with Gasteiger partial charge < -0.3 is 10.1 Å². The van der Waals surface area contributed by atoms with Gasteiger partial charge in [0, 0.05) is 44.2 Å². The summed E-state index contributed by atoms with van der Waals surface area (Å²) in [7, 11) is 0. The Labute approximate surface area is 155 Å². The summed E-state index contributed by atoms with van der Waals surface area (Å²) in [5, 5.41) is 4.12. The number of halogens is 2. The summed E-state index contributed by atoms with van der Waals surface area (Å²) >= 11 is 5.86. The van der Waals surface area contributed by atoms with Crippen LogP contribution in [0.25, 0.3) is 0 Å². The maximum atomic E-state index is 5.86. The van der Waals surface area contributed by atoms with Crippen LogP contribution in [-0.4, -0.2) is 37.7 Å². The largest absolute Gasteiger partial charge is 0.493 e. The first-order valence-electron chi connectivity index (χ1n) is 8.19. The number of hydrogen-bond donors (Lipinski definition) is 1. The van der Waals surface area contributed by atoms with E-state index in [1.54, 1.807) is 0 Å². The van der Waals surface area contributed by atoms with Gasteiger partial charge in [0.05, 0.1) is 6.61 Å². The molecular weight excluding hydrogens is 343 g/mol. The Kier molecular flexibility index (Phi) is 7.86. The first-order chi connectivity index (χ1) is 11.3. The van der Waals surface area contributed by atoms with Crippen molar-refractivity contribution in [2.24, 2.45) is 0 Å². The van der Waals surface area contributed by atoms with Crippen molar-refractivity contribution in [2.45, 2.75) is 13.0 Å². The van der Waals surface area contributed by atoms with Crippen molar-refractivity contribution < 1.29 is 4.74 Å². The molecule has 3 rings (SSSR count). The van der Waals surface area contributed by atoms with E-state index in [4.69, 9.17) is 16.3 Å². The van der Waals surface area contributed by atoms with E-state index in [1.807, 2.05) is 24.3 Å². The minimum absolute atomic E-state index is 0. The predicted molar refractivity (Wildman–Crippen MR) is 102 cm³/mol. The lowest BCUT2D eigenvalue weighted by atomic mass is 10.1. The highest BCUT2D eigenvalue weighted by atomic mass is 35.5. The van der Waals surface area contributed by atoms with Crippen molar-refractivity contribution in [1.82, 2.24) is 10.2 Å². The van der Waals surface area contributed by atoms with Crippen LogP contribution in [0.4, 0.5) is 0 Å². The Hall–Kier alpha value is -1.26. The first-order valence-corrected chi connectivity index (χ1v) is 8.57. The molecule has 1 N–H and O–H groups in total. The van der Waals surface area contributed by atoms with Gasteiger partial charge in [-0.25, -0.2) is 0 Å². The number of nitrogens with zero attached hydrogens (tertiary/aromatic N) is 1. The molecule has 3 nitrogen and oxygen atoms in total. The number of benzene rings is 2. The summed E-state index contributed by atoms with van der Waals surface area (Å²) in [4.78, 5) is 2.50. The van der Waals surface area contributed by atoms with E-state index < -0.39 is 0 Å². The number of nitrogens with one attached hydrogen (secondary N) is 1. The molecule has 2 aromatic rings. The van der Waals surface area contributed by atoms with E-state index in [2.05, 4.69) is 34.5 Å². The Bertz CT molecular complexity index is 596. The molecular formula is C19H24Cl2N2O. The molecule has 1 heterocycles. The monoisotopic (exact) mass is 366 g/mol. The van der Waals surface area contributed by atoms with Crippen LogP contribution in [0, 0.1) is 0 Å². The van der Waals surface area contributed by atoms with Gasteiger partial charge in [0.2, 0.25) is 0 Å². The van der Waals surface area contributed by atoms with Crippen molar-refractivity contribution in [1.29, 1.82) is 0 Å². The van der Waals surface area contributed by atoms with Gasteiger partial charge in [-0.1, -0.05) is 35.9 Å². The molecule has 0 spiro atoms. The molecule has 0 saturated carbocycles. The summed E-state index contributed by atoms with van der Waals surface area (Å²) in [5.74, 6) is 0.865. The predicted octanol–water partition coefficient (Wildman–Crippen LogP) is 3.79. The zero-order valence-electron chi connectivity index (χ0n) is 13.7. The number of hydrogen-bond acceptors (Lipinski definition) is 3. The maximum Gasteiger partial charge on any atom is 0.119 e. The fourth-order valence-electron chi connectivity index (χ4n) is 2.76. The van der Waals surface area contributed by atoms with Crippen LogP contribution < -0.4 is 10.1 Å². The molecule has 0 aliphatic carbocycles. The van der Waals surface area contributed by atoms with Crippen LogP contribution in [0.5, 0.6) is 5.75 Å². The second-order valence-corrected chi connectivity index (χ2v) is 6.33. The average Bonchev–Trinajstić information content (AvgIpc) is 2.59. The maximum absolute atomic E-state index is 5.86. The molecule has 1 aliphatic rings. The minimum Gasteiger partial charge on any atom is -0.493 e. The van der Waals surface area contributed by atoms with Crippen LogP contribution in [0.3, 0.4) is 0 Å². The molecule has 1 saturated heterocycles. The normalized spacial score (nSPS) is 14.9. The zero-order valence-corrected chi connectivity index (χ0v) is 15.3. The molecule has 1 fully saturated rings. The molecule has 1 aliphatic heterocycles. The summed E-state index contributed by atoms with van der Waals surface area (Å²) in [6.45, 7) is 6.19. The van der Waals surface area contributed by atoms with E-state index in [-0.39, 0.29) is 12.4 Å². The number of rotatable bonds is 6. The second kappa shape index (κ2) is 9.90. The van der Waals surface area contributed by atoms with Gasteiger partial charge in [-0.05, 0) is 35.4 Å². The third-order valence-corrected chi connectivity index (χ3v) is 4.36. The third-order valence-electron chi connectivity index (χ3n) is 4.11. The van der Waals surface area contributed by atoms with Crippen LogP contribution >= 0.6 is 24.0 Å². The highest BCUT2D eigenvalue weighted by Crippen LogP contribution is 2.16. The summed E-state index contributed by atoms with van der Waals surface area (Å²) in [5.41, 5.74) is 2.69. The van der Waals surface area contributed by atoms with Crippen molar-refractivity contribution in [3.63, 3.8) is 0 Å². The Morgan fingerprint density at radius 3 is 2.21 bits per heavy atom. The summed E-state index contributed by atoms with van der Waals surface area (Å²) in [6, 6.07) is 16.4. The van der Waals surface area contributed by atoms with E-state index in [0.29, 0.717) is 6.61 Å². The molecule has 0 aromatic heterocycles. The third kappa shape index (κ3) is 5.99. The lowest BCUT2D eigenvalue weighted by Gasteiger charge is -2.27. The average molecular weight is 367 g/mol. The molecule has 0 bridgehead atoms. The second-order valence-electron chi connectivity index (χ2n) is 5.90. The van der Waals surface area contributed by atoms with Gasteiger partial charge in [-0.2, -0.15) is 0 Å². The topological polar surface area (TPSA) is 24.5 Å². The molecule has 0 unspecified atom stereocenters. The van der Waals surface area contributed by atoms with Crippen LogP contribution in [0.15, 0.2) is 48.5 Å². The lowest BCUT2D eigenvalue weighted by Crippen LogP contribution is -2.42. The Morgan fingerprint density at radius 1 is 0.917 bits per heavy atom. The van der Waals surface area contributed by atoms with Crippen LogP contribution in [0.1, 0.15) is 11.1 Å². The van der Waals surface area contributed by atoms with E-state index in [9.17, 15) is 0 Å². The lowest BCUT2D eigenvalue weighted by molar-refractivity contribution is 0.233. The van der Waals surface area contributed by atoms with Crippen LogP contribution in [0.2, 0.25) is 5.02 Å². The van der Waals surface area contributed by atoms with E-state index >= 15 is 0 Å². The van der Waals surface area contributed by atoms with Gasteiger partial charge in [-0.3, -0.25) is 4.90 Å². The number of piperazine rings is 1. The Morgan fingerprint density at radius 2 is 1.54 bits per heavy atom. The van der Waals surface area contributed by atoms with Crippen molar-refractivity contribution in [3.8, 4) is 5.75 Å². The zero-order chi connectivity index (χ0) is 15.9. The van der Waals surface area contributed by atoms with Gasteiger partial charge in [0.25, 0.3) is 0 Å². The van der Waals surface area contributed by atoms with Crippen molar-refractivity contribution >= 4 is 24.0 Å². The summed E-state index contributed by atoms with van der Waals surface area (Å²) < 4.78 is 5.74. The quantitative estimate of drug-likeness (QED) is 0.841. The highest BCUT2D eigenvalue weighted by Gasteiger charge is 2.09. The van der Waals surface area contributed by atoms with E-state index in [0.717, 1.165) is 49.9 Å². The molecule has 0 amide bonds. The van der Waals surface area contributed by atoms with Crippen molar-refractivity contribution in [2.75, 3.05) is 32.8 Å². The highest BCUT2D eigenvalue weighted by molar-refractivity contribution is 6.30. The van der Waals surface area contributed by atoms with Gasteiger partial charge in [0.1, 0.15) is 5.75 Å². The fraction of sp³-hybridized carbons (Fsp3) is 0.368. The van der Waals surface area contributed by atoms with Gasteiger partial charge >= 0.3 is 0 Å². The summed E-state index contributed by atoms with van der Waals surface area (Å²) in [6.07, 6.45) is 0.913. The number of ether oxygens (including phenoxy) is 1. The van der Waals surface area contributed by atoms with Crippen molar-refractivity contribution in [3.05, 3.63) is 64.7 Å². The van der Waals surface area contributed by atoms with Crippen LogP contribution in [-0.2, 0) is 13.0 Å².